The predicted molar refractivity (Wildman–Crippen MR) is 89.9 cm³/mol. The average Bonchev–Trinajstić information content (AvgIpc) is 2.44. The second-order valence-electron chi connectivity index (χ2n) is 5.91. The van der Waals surface area contributed by atoms with Crippen molar-refractivity contribution in [3.8, 4) is 5.75 Å². The highest BCUT2D eigenvalue weighted by Crippen LogP contribution is 2.33. The van der Waals surface area contributed by atoms with Crippen molar-refractivity contribution in [2.45, 2.75) is 26.7 Å². The third kappa shape index (κ3) is 6.43. The van der Waals surface area contributed by atoms with Gasteiger partial charge in [-0.15, -0.1) is 0 Å². The van der Waals surface area contributed by atoms with E-state index in [0.29, 0.717) is 15.8 Å². The molecular formula is C16H25Cl2NO2. The number of rotatable bonds is 9. The first kappa shape index (κ1) is 18.6. The number of hydrogen-bond acceptors (Lipinski definition) is 3. The fraction of sp³-hybridized carbons (Fsp3) is 0.625. The predicted octanol–water partition coefficient (Wildman–Crippen LogP) is 4.20. The maximum atomic E-state index is 6.28. The number of aryl methyl sites for hydroxylation is 1. The van der Waals surface area contributed by atoms with Crippen molar-refractivity contribution in [1.82, 2.24) is 5.32 Å². The normalized spacial score (nSPS) is 11.7. The van der Waals surface area contributed by atoms with Gasteiger partial charge in [0.15, 0.2) is 0 Å². The molecule has 0 aliphatic heterocycles. The van der Waals surface area contributed by atoms with Crippen LogP contribution in [0.3, 0.4) is 0 Å². The van der Waals surface area contributed by atoms with Gasteiger partial charge in [-0.25, -0.2) is 0 Å². The molecule has 0 aliphatic carbocycles. The molecule has 1 aromatic rings. The van der Waals surface area contributed by atoms with E-state index in [0.717, 1.165) is 38.1 Å². The third-order valence-corrected chi connectivity index (χ3v) is 4.13. The molecule has 0 radical (unpaired) electrons. The highest BCUT2D eigenvalue weighted by molar-refractivity contribution is 6.34. The minimum Gasteiger partial charge on any atom is -0.495 e. The lowest BCUT2D eigenvalue weighted by Crippen LogP contribution is -2.32. The first-order chi connectivity index (χ1) is 9.89. The van der Waals surface area contributed by atoms with Crippen LogP contribution in [-0.4, -0.2) is 33.9 Å². The van der Waals surface area contributed by atoms with Crippen molar-refractivity contribution in [2.75, 3.05) is 33.9 Å². The van der Waals surface area contributed by atoms with Crippen LogP contribution in [0.15, 0.2) is 12.1 Å². The van der Waals surface area contributed by atoms with Crippen molar-refractivity contribution in [2.24, 2.45) is 5.41 Å². The Kier molecular flexibility index (Phi) is 7.82. The van der Waals surface area contributed by atoms with E-state index in [1.807, 2.05) is 6.07 Å². The molecule has 0 heterocycles. The molecule has 21 heavy (non-hydrogen) atoms. The van der Waals surface area contributed by atoms with Crippen LogP contribution in [-0.2, 0) is 11.2 Å². The van der Waals surface area contributed by atoms with E-state index in [1.165, 1.54) is 0 Å². The zero-order chi connectivity index (χ0) is 15.9. The van der Waals surface area contributed by atoms with Gasteiger partial charge >= 0.3 is 0 Å². The number of ether oxygens (including phenoxy) is 2. The van der Waals surface area contributed by atoms with Crippen LogP contribution >= 0.6 is 23.2 Å². The van der Waals surface area contributed by atoms with E-state index in [-0.39, 0.29) is 5.41 Å². The van der Waals surface area contributed by atoms with E-state index < -0.39 is 0 Å². The largest absolute Gasteiger partial charge is 0.495 e. The summed E-state index contributed by atoms with van der Waals surface area (Å²) in [6, 6.07) is 3.68. The van der Waals surface area contributed by atoms with Gasteiger partial charge in [0, 0.05) is 31.3 Å². The Bertz CT molecular complexity index is 450. The molecule has 0 amide bonds. The van der Waals surface area contributed by atoms with E-state index in [4.69, 9.17) is 32.7 Å². The minimum atomic E-state index is 0.184. The lowest BCUT2D eigenvalue weighted by Gasteiger charge is -2.25. The average molecular weight is 334 g/mol. The number of methoxy groups -OCH3 is 2. The highest BCUT2D eigenvalue weighted by atomic mass is 35.5. The van der Waals surface area contributed by atoms with Gasteiger partial charge in [0.1, 0.15) is 5.75 Å². The van der Waals surface area contributed by atoms with Gasteiger partial charge in [-0.3, -0.25) is 0 Å². The van der Waals surface area contributed by atoms with Crippen LogP contribution in [0.25, 0.3) is 0 Å². The Balaban J connectivity index is 2.55. The summed E-state index contributed by atoms with van der Waals surface area (Å²) in [5.74, 6) is 0.617. The second-order valence-corrected chi connectivity index (χ2v) is 6.73. The molecule has 0 bridgehead atoms. The van der Waals surface area contributed by atoms with Gasteiger partial charge in [-0.05, 0) is 29.9 Å². The summed E-state index contributed by atoms with van der Waals surface area (Å²) in [5, 5.41) is 4.72. The van der Waals surface area contributed by atoms with Gasteiger partial charge in [0.2, 0.25) is 0 Å². The molecule has 3 nitrogen and oxygen atoms in total. The lowest BCUT2D eigenvalue weighted by atomic mass is 9.86. The quantitative estimate of drug-likeness (QED) is 0.687. The summed E-state index contributed by atoms with van der Waals surface area (Å²) in [6.45, 7) is 7.03. The lowest BCUT2D eigenvalue weighted by molar-refractivity contribution is 0.193. The Labute approximate surface area is 137 Å². The zero-order valence-corrected chi connectivity index (χ0v) is 14.8. The van der Waals surface area contributed by atoms with Gasteiger partial charge in [0.05, 0.1) is 18.7 Å². The van der Waals surface area contributed by atoms with E-state index in [2.05, 4.69) is 19.2 Å². The van der Waals surface area contributed by atoms with Gasteiger partial charge in [-0.2, -0.15) is 0 Å². The fourth-order valence-corrected chi connectivity index (χ4v) is 2.59. The molecule has 0 unspecified atom stereocenters. The van der Waals surface area contributed by atoms with E-state index in [1.54, 1.807) is 20.3 Å². The highest BCUT2D eigenvalue weighted by Gasteiger charge is 2.18. The molecule has 0 spiro atoms. The molecule has 0 aliphatic rings. The second kappa shape index (κ2) is 8.84. The number of benzene rings is 1. The van der Waals surface area contributed by atoms with E-state index >= 15 is 0 Å². The number of halogens is 2. The van der Waals surface area contributed by atoms with Crippen LogP contribution < -0.4 is 10.1 Å². The van der Waals surface area contributed by atoms with Crippen LogP contribution in [0.2, 0.25) is 10.0 Å². The molecule has 5 heteroatoms. The SMILES string of the molecule is COCCNCC(C)(C)CCc1cc(Cl)c(OC)cc1Cl. The van der Waals surface area contributed by atoms with Crippen LogP contribution in [0, 0.1) is 5.41 Å². The molecule has 1 N–H and O–H groups in total. The molecule has 0 aromatic heterocycles. The smallest absolute Gasteiger partial charge is 0.138 e. The summed E-state index contributed by atoms with van der Waals surface area (Å²) < 4.78 is 10.2. The van der Waals surface area contributed by atoms with Crippen LogP contribution in [0.1, 0.15) is 25.8 Å². The number of hydrogen-bond donors (Lipinski definition) is 1. The van der Waals surface area contributed by atoms with E-state index in [9.17, 15) is 0 Å². The Morgan fingerprint density at radius 3 is 2.48 bits per heavy atom. The van der Waals surface area contributed by atoms with Gasteiger partial charge in [-0.1, -0.05) is 37.0 Å². The monoisotopic (exact) mass is 333 g/mol. The maximum absolute atomic E-state index is 6.28. The zero-order valence-electron chi connectivity index (χ0n) is 13.3. The van der Waals surface area contributed by atoms with Crippen molar-refractivity contribution in [3.63, 3.8) is 0 Å². The first-order valence-electron chi connectivity index (χ1n) is 7.11. The van der Waals surface area contributed by atoms with Crippen LogP contribution in [0.5, 0.6) is 5.75 Å². The fourth-order valence-electron chi connectivity index (χ4n) is 2.08. The molecule has 0 saturated heterocycles. The summed E-state index contributed by atoms with van der Waals surface area (Å²) in [4.78, 5) is 0. The van der Waals surface area contributed by atoms with Gasteiger partial charge < -0.3 is 14.8 Å². The summed E-state index contributed by atoms with van der Waals surface area (Å²) >= 11 is 12.4. The topological polar surface area (TPSA) is 30.5 Å². The molecule has 120 valence electrons. The van der Waals surface area contributed by atoms with Crippen molar-refractivity contribution < 1.29 is 9.47 Å². The molecule has 0 fully saturated rings. The molecule has 1 aromatic carbocycles. The van der Waals surface area contributed by atoms with Crippen molar-refractivity contribution in [1.29, 1.82) is 0 Å². The Morgan fingerprint density at radius 1 is 1.14 bits per heavy atom. The Morgan fingerprint density at radius 2 is 1.86 bits per heavy atom. The number of nitrogens with one attached hydrogen (secondary N) is 1. The third-order valence-electron chi connectivity index (χ3n) is 3.48. The summed E-state index contributed by atoms with van der Waals surface area (Å²) in [7, 11) is 3.30. The van der Waals surface area contributed by atoms with Crippen molar-refractivity contribution in [3.05, 3.63) is 27.7 Å². The summed E-state index contributed by atoms with van der Waals surface area (Å²) in [5.41, 5.74) is 1.25. The summed E-state index contributed by atoms with van der Waals surface area (Å²) in [6.07, 6.45) is 1.91. The van der Waals surface area contributed by atoms with Crippen molar-refractivity contribution >= 4 is 23.2 Å². The molecule has 1 rings (SSSR count). The minimum absolute atomic E-state index is 0.184. The van der Waals surface area contributed by atoms with Crippen LogP contribution in [0.4, 0.5) is 0 Å². The standard InChI is InChI=1S/C16H25Cl2NO2/c1-16(2,11-19-7-8-20-3)6-5-12-9-14(18)15(21-4)10-13(12)17/h9-10,19H,5-8,11H2,1-4H3. The maximum Gasteiger partial charge on any atom is 0.138 e. The first-order valence-corrected chi connectivity index (χ1v) is 7.87. The molecule has 0 atom stereocenters. The molecule has 0 saturated carbocycles. The van der Waals surface area contributed by atoms with Gasteiger partial charge in [0.25, 0.3) is 0 Å². The molecular weight excluding hydrogens is 309 g/mol. The Hall–Kier alpha value is -0.480.